The lowest BCUT2D eigenvalue weighted by atomic mass is 9.98. The fraction of sp³-hybridized carbons (Fsp3) is 0.250. The molecule has 2 rings (SSSR count). The van der Waals surface area contributed by atoms with E-state index in [1.807, 2.05) is 37.3 Å². The maximum absolute atomic E-state index is 13.2. The summed E-state index contributed by atoms with van der Waals surface area (Å²) in [5, 5.41) is 3.34. The molecule has 2 aromatic rings. The van der Waals surface area contributed by atoms with Crippen molar-refractivity contribution < 1.29 is 8.78 Å². The van der Waals surface area contributed by atoms with E-state index in [9.17, 15) is 8.78 Å². The van der Waals surface area contributed by atoms with E-state index in [1.54, 1.807) is 0 Å². The molecule has 0 aromatic heterocycles. The van der Waals surface area contributed by atoms with E-state index in [4.69, 9.17) is 0 Å². The zero-order chi connectivity index (χ0) is 13.7. The molecule has 19 heavy (non-hydrogen) atoms. The van der Waals surface area contributed by atoms with Gasteiger partial charge in [0.2, 0.25) is 0 Å². The molecule has 0 aliphatic carbocycles. The van der Waals surface area contributed by atoms with Crippen LogP contribution in [0.25, 0.3) is 0 Å². The molecule has 1 unspecified atom stereocenters. The Morgan fingerprint density at radius 2 is 1.63 bits per heavy atom. The lowest BCUT2D eigenvalue weighted by Gasteiger charge is -2.18. The van der Waals surface area contributed by atoms with Gasteiger partial charge in [0, 0.05) is 12.1 Å². The average Bonchev–Trinajstić information content (AvgIpc) is 2.38. The van der Waals surface area contributed by atoms with Crippen LogP contribution in [0, 0.1) is 11.6 Å². The lowest BCUT2D eigenvalue weighted by Crippen LogP contribution is -2.23. The molecule has 1 nitrogen and oxygen atoms in total. The van der Waals surface area contributed by atoms with Crippen LogP contribution in [0.2, 0.25) is 0 Å². The topological polar surface area (TPSA) is 12.0 Å². The number of nitrogens with one attached hydrogen (secondary N) is 1. The van der Waals surface area contributed by atoms with E-state index in [1.165, 1.54) is 12.1 Å². The molecular formula is C16H17F2N. The minimum atomic E-state index is -0.529. The van der Waals surface area contributed by atoms with E-state index in [-0.39, 0.29) is 6.04 Å². The van der Waals surface area contributed by atoms with Gasteiger partial charge in [0.15, 0.2) is 0 Å². The highest BCUT2D eigenvalue weighted by molar-refractivity contribution is 5.24. The number of likely N-dealkylation sites (N-methyl/N-ethyl adjacent to an activating group) is 1. The van der Waals surface area contributed by atoms with Crippen LogP contribution in [0.15, 0.2) is 48.5 Å². The molecule has 2 aromatic carbocycles. The number of hydrogen-bond donors (Lipinski definition) is 1. The standard InChI is InChI=1S/C16H17F2N/c1-2-19-16(13-6-4-3-5-7-13)10-12-8-14(17)11-15(18)9-12/h3-9,11,16,19H,2,10H2,1H3. The molecule has 0 saturated carbocycles. The van der Waals surface area contributed by atoms with Crippen LogP contribution in [0.5, 0.6) is 0 Å². The summed E-state index contributed by atoms with van der Waals surface area (Å²) in [6.07, 6.45) is 0.562. The van der Waals surface area contributed by atoms with Crippen molar-refractivity contribution in [2.24, 2.45) is 0 Å². The molecule has 0 radical (unpaired) electrons. The molecule has 1 atom stereocenters. The molecule has 0 heterocycles. The SMILES string of the molecule is CCNC(Cc1cc(F)cc(F)c1)c1ccccc1. The first-order valence-electron chi connectivity index (χ1n) is 6.42. The monoisotopic (exact) mass is 261 g/mol. The second-order valence-corrected chi connectivity index (χ2v) is 4.50. The Morgan fingerprint density at radius 3 is 2.21 bits per heavy atom. The van der Waals surface area contributed by atoms with Crippen LogP contribution in [0.3, 0.4) is 0 Å². The summed E-state index contributed by atoms with van der Waals surface area (Å²) in [5.41, 5.74) is 1.78. The first-order chi connectivity index (χ1) is 9.19. The number of halogens is 2. The summed E-state index contributed by atoms with van der Waals surface area (Å²) in [6.45, 7) is 2.82. The predicted octanol–water partition coefficient (Wildman–Crippen LogP) is 3.86. The molecule has 0 aliphatic rings. The summed E-state index contributed by atoms with van der Waals surface area (Å²) in [4.78, 5) is 0. The van der Waals surface area contributed by atoms with Gasteiger partial charge >= 0.3 is 0 Å². The number of benzene rings is 2. The molecule has 0 bridgehead atoms. The van der Waals surface area contributed by atoms with Gasteiger partial charge in [-0.1, -0.05) is 37.3 Å². The zero-order valence-electron chi connectivity index (χ0n) is 10.9. The minimum absolute atomic E-state index is 0.0624. The van der Waals surface area contributed by atoms with Gasteiger partial charge in [0.1, 0.15) is 11.6 Å². The average molecular weight is 261 g/mol. The predicted molar refractivity (Wildman–Crippen MR) is 72.9 cm³/mol. The van der Waals surface area contributed by atoms with E-state index in [2.05, 4.69) is 5.32 Å². The van der Waals surface area contributed by atoms with Gasteiger partial charge in [-0.15, -0.1) is 0 Å². The third kappa shape index (κ3) is 3.86. The van der Waals surface area contributed by atoms with Crippen molar-refractivity contribution in [1.82, 2.24) is 5.32 Å². The van der Waals surface area contributed by atoms with Crippen LogP contribution in [0.4, 0.5) is 8.78 Å². The van der Waals surface area contributed by atoms with Gasteiger partial charge in [0.05, 0.1) is 0 Å². The molecule has 3 heteroatoms. The normalized spacial score (nSPS) is 12.4. The molecule has 100 valence electrons. The smallest absolute Gasteiger partial charge is 0.126 e. The van der Waals surface area contributed by atoms with E-state index in [0.29, 0.717) is 12.0 Å². The third-order valence-electron chi connectivity index (χ3n) is 3.01. The van der Waals surface area contributed by atoms with Gasteiger partial charge in [-0.2, -0.15) is 0 Å². The zero-order valence-corrected chi connectivity index (χ0v) is 10.9. The Labute approximate surface area is 112 Å². The van der Waals surface area contributed by atoms with Crippen LogP contribution >= 0.6 is 0 Å². The molecular weight excluding hydrogens is 244 g/mol. The lowest BCUT2D eigenvalue weighted by molar-refractivity contribution is 0.539. The molecule has 0 spiro atoms. The van der Waals surface area contributed by atoms with Crippen molar-refractivity contribution in [2.45, 2.75) is 19.4 Å². The summed E-state index contributed by atoms with van der Waals surface area (Å²) in [7, 11) is 0. The van der Waals surface area contributed by atoms with Crippen molar-refractivity contribution in [1.29, 1.82) is 0 Å². The van der Waals surface area contributed by atoms with Gasteiger partial charge in [-0.25, -0.2) is 8.78 Å². The van der Waals surface area contributed by atoms with Gasteiger partial charge in [-0.05, 0) is 36.2 Å². The van der Waals surface area contributed by atoms with Crippen molar-refractivity contribution in [3.8, 4) is 0 Å². The van der Waals surface area contributed by atoms with Crippen molar-refractivity contribution in [3.05, 3.63) is 71.3 Å². The second-order valence-electron chi connectivity index (χ2n) is 4.50. The second kappa shape index (κ2) is 6.43. The Morgan fingerprint density at radius 1 is 1.00 bits per heavy atom. The first kappa shape index (κ1) is 13.7. The maximum Gasteiger partial charge on any atom is 0.126 e. The Hall–Kier alpha value is -1.74. The summed E-state index contributed by atoms with van der Waals surface area (Å²) < 4.78 is 26.4. The van der Waals surface area contributed by atoms with Crippen molar-refractivity contribution in [3.63, 3.8) is 0 Å². The van der Waals surface area contributed by atoms with Crippen LogP contribution in [0.1, 0.15) is 24.1 Å². The minimum Gasteiger partial charge on any atom is -0.310 e. The molecule has 0 saturated heterocycles. The number of hydrogen-bond acceptors (Lipinski definition) is 1. The summed E-state index contributed by atoms with van der Waals surface area (Å²) in [5.74, 6) is -1.06. The highest BCUT2D eigenvalue weighted by atomic mass is 19.1. The fourth-order valence-electron chi connectivity index (χ4n) is 2.20. The van der Waals surface area contributed by atoms with Crippen LogP contribution < -0.4 is 5.32 Å². The van der Waals surface area contributed by atoms with Gasteiger partial charge < -0.3 is 5.32 Å². The molecule has 1 N–H and O–H groups in total. The first-order valence-corrected chi connectivity index (χ1v) is 6.42. The molecule has 0 aliphatic heterocycles. The van der Waals surface area contributed by atoms with Crippen LogP contribution in [-0.2, 0) is 6.42 Å². The Bertz CT molecular complexity index is 505. The van der Waals surface area contributed by atoms with E-state index < -0.39 is 11.6 Å². The van der Waals surface area contributed by atoms with Crippen molar-refractivity contribution in [2.75, 3.05) is 6.54 Å². The Kier molecular flexibility index (Phi) is 4.63. The van der Waals surface area contributed by atoms with E-state index in [0.717, 1.165) is 18.2 Å². The summed E-state index contributed by atoms with van der Waals surface area (Å²) in [6, 6.07) is 13.6. The van der Waals surface area contributed by atoms with Gasteiger partial charge in [0.25, 0.3) is 0 Å². The third-order valence-corrected chi connectivity index (χ3v) is 3.01. The number of rotatable bonds is 5. The highest BCUT2D eigenvalue weighted by Crippen LogP contribution is 2.19. The van der Waals surface area contributed by atoms with Crippen molar-refractivity contribution >= 4 is 0 Å². The fourth-order valence-corrected chi connectivity index (χ4v) is 2.20. The molecule has 0 amide bonds. The van der Waals surface area contributed by atoms with E-state index >= 15 is 0 Å². The molecule has 0 fully saturated rings. The van der Waals surface area contributed by atoms with Gasteiger partial charge in [-0.3, -0.25) is 0 Å². The quantitative estimate of drug-likeness (QED) is 0.861. The van der Waals surface area contributed by atoms with Crippen LogP contribution in [-0.4, -0.2) is 6.54 Å². The largest absolute Gasteiger partial charge is 0.310 e. The Balaban J connectivity index is 2.21. The highest BCUT2D eigenvalue weighted by Gasteiger charge is 2.12. The maximum atomic E-state index is 13.2. The summed E-state index contributed by atoms with van der Waals surface area (Å²) >= 11 is 0.